The third-order valence-electron chi connectivity index (χ3n) is 2.32. The number of anilines is 2. The zero-order chi connectivity index (χ0) is 11.8. The zero-order valence-corrected chi connectivity index (χ0v) is 8.53. The van der Waals surface area contributed by atoms with E-state index in [1.165, 1.54) is 0 Å². The number of hydrogen-bond donors (Lipinski definition) is 2. The average Bonchev–Trinajstić information content (AvgIpc) is 2.85. The first kappa shape index (κ1) is 9.46. The molecule has 2 aromatic rings. The van der Waals surface area contributed by atoms with Crippen LogP contribution >= 0.6 is 0 Å². The highest BCUT2D eigenvalue weighted by atomic mass is 16.2. The topological polar surface area (TPSA) is 111 Å². The summed E-state index contributed by atoms with van der Waals surface area (Å²) < 4.78 is 0. The van der Waals surface area contributed by atoms with Crippen LogP contribution in [-0.2, 0) is 4.79 Å². The van der Waals surface area contributed by atoms with Crippen molar-refractivity contribution in [2.45, 2.75) is 0 Å². The van der Waals surface area contributed by atoms with E-state index in [1.54, 1.807) is 12.1 Å². The number of rotatable bonds is 1. The number of hydrogen-bond acceptors (Lipinski definition) is 6. The van der Waals surface area contributed by atoms with E-state index in [4.69, 9.17) is 5.73 Å². The van der Waals surface area contributed by atoms with Crippen molar-refractivity contribution in [1.29, 1.82) is 0 Å². The number of aromatic nitrogens is 4. The van der Waals surface area contributed by atoms with Crippen LogP contribution in [0.3, 0.4) is 0 Å². The lowest BCUT2D eigenvalue weighted by atomic mass is 10.1. The Morgan fingerprint density at radius 3 is 2.94 bits per heavy atom. The highest BCUT2D eigenvalue weighted by molar-refractivity contribution is 6.53. The summed E-state index contributed by atoms with van der Waals surface area (Å²) in [6.45, 7) is 0. The molecule has 1 amide bonds. The van der Waals surface area contributed by atoms with Crippen LogP contribution in [0.1, 0.15) is 5.56 Å². The molecule has 1 aliphatic rings. The lowest BCUT2D eigenvalue weighted by Gasteiger charge is -1.96. The molecule has 0 bridgehead atoms. The molecule has 1 aromatic carbocycles. The smallest absolute Gasteiger partial charge is 0.276 e. The monoisotopic (exact) mass is 229 g/mol. The molecule has 84 valence electrons. The summed E-state index contributed by atoms with van der Waals surface area (Å²) in [6.07, 6.45) is 0. The summed E-state index contributed by atoms with van der Waals surface area (Å²) in [5, 5.41) is 17.1. The van der Waals surface area contributed by atoms with Gasteiger partial charge in [-0.05, 0) is 16.5 Å². The Labute approximate surface area is 95.1 Å². The average molecular weight is 229 g/mol. The molecule has 3 N–H and O–H groups in total. The third-order valence-corrected chi connectivity index (χ3v) is 2.32. The molecule has 1 aliphatic heterocycles. The number of benzene rings is 1. The van der Waals surface area contributed by atoms with Crippen LogP contribution in [0, 0.1) is 0 Å². The van der Waals surface area contributed by atoms with E-state index in [9.17, 15) is 4.79 Å². The number of tetrazole rings is 1. The number of para-hydroxylation sites is 1. The zero-order valence-electron chi connectivity index (χ0n) is 8.53. The Kier molecular flexibility index (Phi) is 1.87. The van der Waals surface area contributed by atoms with Gasteiger partial charge >= 0.3 is 0 Å². The van der Waals surface area contributed by atoms with Gasteiger partial charge in [-0.15, -0.1) is 5.10 Å². The van der Waals surface area contributed by atoms with E-state index in [1.807, 2.05) is 12.1 Å². The largest absolute Gasteiger partial charge is 0.365 e. The molecule has 8 nitrogen and oxygen atoms in total. The standard InChI is InChI=1S/C9H7N7O/c10-9-12-14-15-16(9)13-7-5-3-1-2-4-6(5)11-8(7)17/h1-4H,(H2,10,12,15)(H,11,13,17). The highest BCUT2D eigenvalue weighted by Gasteiger charge is 2.26. The quantitative estimate of drug-likeness (QED) is 0.682. The number of fused-ring (bicyclic) bond motifs is 1. The van der Waals surface area contributed by atoms with Gasteiger partial charge in [0.1, 0.15) is 0 Å². The number of carbonyl (C=O) groups excluding carboxylic acids is 1. The normalized spacial score (nSPS) is 16.0. The van der Waals surface area contributed by atoms with Gasteiger partial charge in [0.2, 0.25) is 0 Å². The van der Waals surface area contributed by atoms with Crippen LogP contribution in [0.25, 0.3) is 0 Å². The van der Waals surface area contributed by atoms with Crippen molar-refractivity contribution in [2.24, 2.45) is 5.10 Å². The van der Waals surface area contributed by atoms with Crippen LogP contribution in [0.4, 0.5) is 11.6 Å². The number of nitrogens with two attached hydrogens (primary N) is 1. The van der Waals surface area contributed by atoms with Crippen molar-refractivity contribution in [3.8, 4) is 0 Å². The van der Waals surface area contributed by atoms with Gasteiger partial charge in [-0.2, -0.15) is 0 Å². The summed E-state index contributed by atoms with van der Waals surface area (Å²) in [5.74, 6) is -0.282. The van der Waals surface area contributed by atoms with Crippen molar-refractivity contribution in [1.82, 2.24) is 20.3 Å². The van der Waals surface area contributed by atoms with Gasteiger partial charge in [-0.25, -0.2) is 0 Å². The SMILES string of the molecule is Nc1nnnn1N=C1C(=O)Nc2ccccc21. The van der Waals surface area contributed by atoms with Gasteiger partial charge in [-0.3, -0.25) is 4.79 Å². The van der Waals surface area contributed by atoms with Gasteiger partial charge in [0, 0.05) is 5.56 Å². The van der Waals surface area contributed by atoms with Crippen molar-refractivity contribution < 1.29 is 4.79 Å². The maximum Gasteiger partial charge on any atom is 0.276 e. The molecule has 0 atom stereocenters. The van der Waals surface area contributed by atoms with Gasteiger partial charge in [-0.1, -0.05) is 28.1 Å². The first-order valence-electron chi connectivity index (χ1n) is 4.79. The lowest BCUT2D eigenvalue weighted by Crippen LogP contribution is -2.16. The molecule has 0 unspecified atom stereocenters. The molecule has 17 heavy (non-hydrogen) atoms. The lowest BCUT2D eigenvalue weighted by molar-refractivity contribution is -0.110. The summed E-state index contributed by atoms with van der Waals surface area (Å²) in [5.41, 5.74) is 7.12. The van der Waals surface area contributed by atoms with E-state index in [-0.39, 0.29) is 17.6 Å². The predicted octanol–water partition coefficient (Wildman–Crippen LogP) is -0.540. The third kappa shape index (κ3) is 1.42. The number of nitrogen functional groups attached to an aromatic ring is 1. The van der Waals surface area contributed by atoms with E-state index < -0.39 is 0 Å². The minimum Gasteiger partial charge on any atom is -0.365 e. The molecule has 0 spiro atoms. The maximum absolute atomic E-state index is 11.7. The summed E-state index contributed by atoms with van der Waals surface area (Å²) in [7, 11) is 0. The van der Waals surface area contributed by atoms with Gasteiger partial charge < -0.3 is 11.1 Å². The minimum atomic E-state index is -0.305. The molecule has 0 saturated heterocycles. The van der Waals surface area contributed by atoms with Crippen LogP contribution < -0.4 is 11.1 Å². The second-order valence-corrected chi connectivity index (χ2v) is 3.37. The molecule has 2 heterocycles. The maximum atomic E-state index is 11.7. The molecule has 0 aliphatic carbocycles. The first-order chi connectivity index (χ1) is 8.25. The number of nitrogens with zero attached hydrogens (tertiary/aromatic N) is 5. The molecular formula is C9H7N7O. The second kappa shape index (κ2) is 3.37. The Bertz CT molecular complexity index is 630. The van der Waals surface area contributed by atoms with Crippen LogP contribution in [-0.4, -0.2) is 31.9 Å². The van der Waals surface area contributed by atoms with Crippen LogP contribution in [0.5, 0.6) is 0 Å². The molecule has 3 rings (SSSR count). The van der Waals surface area contributed by atoms with Crippen molar-refractivity contribution in [3.63, 3.8) is 0 Å². The van der Waals surface area contributed by atoms with Crippen LogP contribution in [0.2, 0.25) is 0 Å². The van der Waals surface area contributed by atoms with Gasteiger partial charge in [0.05, 0.1) is 5.69 Å². The Morgan fingerprint density at radius 2 is 2.18 bits per heavy atom. The Hall–Kier alpha value is -2.77. The summed E-state index contributed by atoms with van der Waals surface area (Å²) >= 11 is 0. The van der Waals surface area contributed by atoms with E-state index in [0.29, 0.717) is 11.3 Å². The summed E-state index contributed by atoms with van der Waals surface area (Å²) in [6, 6.07) is 7.22. The molecule has 8 heteroatoms. The number of amides is 1. The predicted molar refractivity (Wildman–Crippen MR) is 59.2 cm³/mol. The first-order valence-corrected chi connectivity index (χ1v) is 4.79. The second-order valence-electron chi connectivity index (χ2n) is 3.37. The fourth-order valence-corrected chi connectivity index (χ4v) is 1.56. The number of nitrogens with one attached hydrogen (secondary N) is 1. The summed E-state index contributed by atoms with van der Waals surface area (Å²) in [4.78, 5) is 12.7. The van der Waals surface area contributed by atoms with Crippen molar-refractivity contribution >= 4 is 23.3 Å². The highest BCUT2D eigenvalue weighted by Crippen LogP contribution is 2.22. The Morgan fingerprint density at radius 1 is 1.35 bits per heavy atom. The number of carbonyl (C=O) groups is 1. The fourth-order valence-electron chi connectivity index (χ4n) is 1.56. The Balaban J connectivity index is 2.13. The molecule has 0 radical (unpaired) electrons. The fraction of sp³-hybridized carbons (Fsp3) is 0. The van der Waals surface area contributed by atoms with Gasteiger partial charge in [0.25, 0.3) is 11.9 Å². The molecule has 0 fully saturated rings. The van der Waals surface area contributed by atoms with E-state index in [2.05, 4.69) is 25.9 Å². The van der Waals surface area contributed by atoms with Crippen molar-refractivity contribution in [2.75, 3.05) is 11.1 Å². The van der Waals surface area contributed by atoms with E-state index in [0.717, 1.165) is 4.79 Å². The van der Waals surface area contributed by atoms with Crippen LogP contribution in [0.15, 0.2) is 29.4 Å². The minimum absolute atomic E-state index is 0.0229. The van der Waals surface area contributed by atoms with Gasteiger partial charge in [0.15, 0.2) is 5.71 Å². The molecular weight excluding hydrogens is 222 g/mol. The van der Waals surface area contributed by atoms with Crippen molar-refractivity contribution in [3.05, 3.63) is 29.8 Å². The molecule has 0 saturated carbocycles. The van der Waals surface area contributed by atoms with E-state index >= 15 is 0 Å². The molecule has 1 aromatic heterocycles.